The Labute approximate surface area is 197 Å². The third kappa shape index (κ3) is 4.91. The van der Waals surface area contributed by atoms with Gasteiger partial charge in [0.15, 0.2) is 0 Å². The second kappa shape index (κ2) is 10.0. The molecule has 2 unspecified atom stereocenters. The fraction of sp³-hybridized carbons (Fsp3) is 0.538. The lowest BCUT2D eigenvalue weighted by atomic mass is 9.87. The van der Waals surface area contributed by atoms with Crippen LogP contribution in [0.3, 0.4) is 0 Å². The highest BCUT2D eigenvalue weighted by Gasteiger charge is 2.36. The van der Waals surface area contributed by atoms with E-state index in [0.29, 0.717) is 29.8 Å². The van der Waals surface area contributed by atoms with Gasteiger partial charge in [-0.2, -0.15) is 0 Å². The van der Waals surface area contributed by atoms with Gasteiger partial charge in [-0.1, -0.05) is 26.0 Å². The van der Waals surface area contributed by atoms with Crippen molar-refractivity contribution in [3.05, 3.63) is 53.1 Å². The Morgan fingerprint density at radius 2 is 1.88 bits per heavy atom. The number of hydrogen-bond acceptors (Lipinski definition) is 5. The van der Waals surface area contributed by atoms with Crippen molar-refractivity contribution in [1.82, 2.24) is 0 Å². The highest BCUT2D eigenvalue weighted by molar-refractivity contribution is 7.92. The summed E-state index contributed by atoms with van der Waals surface area (Å²) in [5, 5.41) is 9.95. The van der Waals surface area contributed by atoms with Gasteiger partial charge in [-0.3, -0.25) is 4.31 Å². The molecule has 2 aromatic rings. The van der Waals surface area contributed by atoms with E-state index in [1.54, 1.807) is 22.5 Å². The van der Waals surface area contributed by atoms with E-state index in [4.69, 9.17) is 9.47 Å². The molecule has 0 aromatic heterocycles. The highest BCUT2D eigenvalue weighted by atomic mass is 32.2. The van der Waals surface area contributed by atoms with Crippen LogP contribution < -0.4 is 9.04 Å². The number of aliphatic hydroxyl groups excluding tert-OH is 1. The molecule has 0 saturated carbocycles. The predicted molar refractivity (Wildman–Crippen MR) is 129 cm³/mol. The zero-order chi connectivity index (χ0) is 23.6. The molecule has 0 bridgehead atoms. The molecule has 0 aliphatic carbocycles. The van der Waals surface area contributed by atoms with Gasteiger partial charge in [-0.05, 0) is 79.8 Å². The number of rotatable bonds is 7. The smallest absolute Gasteiger partial charge is 0.264 e. The summed E-state index contributed by atoms with van der Waals surface area (Å²) in [6.45, 7) is 7.97. The fourth-order valence-electron chi connectivity index (χ4n) is 4.97. The molecule has 7 heteroatoms. The number of nitrogens with zero attached hydrogens (tertiary/aromatic N) is 1. The maximum atomic E-state index is 13.8. The van der Waals surface area contributed by atoms with Gasteiger partial charge >= 0.3 is 0 Å². The first kappa shape index (κ1) is 24.0. The van der Waals surface area contributed by atoms with E-state index in [2.05, 4.69) is 19.9 Å². The lowest BCUT2D eigenvalue weighted by molar-refractivity contribution is 0.0494. The number of aliphatic hydroxyl groups is 1. The Bertz CT molecular complexity index is 1080. The molecule has 6 nitrogen and oxygen atoms in total. The molecule has 1 saturated heterocycles. The summed E-state index contributed by atoms with van der Waals surface area (Å²) < 4.78 is 40.5. The number of anilines is 1. The molecular formula is C26H35NO5S. The topological polar surface area (TPSA) is 76.1 Å². The first-order valence-corrected chi connectivity index (χ1v) is 13.4. The van der Waals surface area contributed by atoms with Crippen LogP contribution in [0.1, 0.15) is 62.6 Å². The average molecular weight is 474 g/mol. The van der Waals surface area contributed by atoms with Gasteiger partial charge < -0.3 is 14.6 Å². The van der Waals surface area contributed by atoms with Gasteiger partial charge in [-0.25, -0.2) is 8.42 Å². The van der Waals surface area contributed by atoms with Crippen LogP contribution in [0.5, 0.6) is 5.75 Å². The second-order valence-corrected chi connectivity index (χ2v) is 11.1. The Hall–Kier alpha value is -2.09. The average Bonchev–Trinajstić information content (AvgIpc) is 2.82. The van der Waals surface area contributed by atoms with Gasteiger partial charge in [0.05, 0.1) is 23.8 Å². The SMILES string of the molecule is CCc1ccc2c(c1)C(C)CC(C)N2S(=O)(=O)c1ccc(OCC2CCOCC2)c(CO)c1. The molecule has 2 aliphatic rings. The van der Waals surface area contributed by atoms with E-state index in [1.165, 1.54) is 5.56 Å². The third-order valence-corrected chi connectivity index (χ3v) is 8.86. The van der Waals surface area contributed by atoms with Crippen molar-refractivity contribution in [3.8, 4) is 5.75 Å². The molecule has 0 radical (unpaired) electrons. The van der Waals surface area contributed by atoms with Crippen molar-refractivity contribution in [2.24, 2.45) is 5.92 Å². The van der Waals surface area contributed by atoms with Crippen molar-refractivity contribution in [3.63, 3.8) is 0 Å². The Kier molecular flexibility index (Phi) is 7.31. The molecule has 4 rings (SSSR count). The van der Waals surface area contributed by atoms with Crippen molar-refractivity contribution >= 4 is 15.7 Å². The molecule has 1 fully saturated rings. The van der Waals surface area contributed by atoms with Crippen LogP contribution in [0, 0.1) is 5.92 Å². The summed E-state index contributed by atoms with van der Waals surface area (Å²) in [7, 11) is -3.80. The van der Waals surface area contributed by atoms with Gasteiger partial charge in [-0.15, -0.1) is 0 Å². The van der Waals surface area contributed by atoms with Crippen LogP contribution in [0.25, 0.3) is 0 Å². The summed E-state index contributed by atoms with van der Waals surface area (Å²) in [6.07, 6.45) is 3.58. The monoisotopic (exact) mass is 473 g/mol. The third-order valence-electron chi connectivity index (χ3n) is 6.94. The zero-order valence-corrected chi connectivity index (χ0v) is 20.6. The van der Waals surface area contributed by atoms with E-state index in [1.807, 2.05) is 19.1 Å². The lowest BCUT2D eigenvalue weighted by Crippen LogP contribution is -2.42. The van der Waals surface area contributed by atoms with E-state index in [9.17, 15) is 13.5 Å². The minimum absolute atomic E-state index is 0.160. The number of hydrogen-bond donors (Lipinski definition) is 1. The van der Waals surface area contributed by atoms with E-state index in [-0.39, 0.29) is 17.5 Å². The minimum atomic E-state index is -3.80. The maximum absolute atomic E-state index is 13.8. The number of benzene rings is 2. The Balaban J connectivity index is 1.63. The second-order valence-electron chi connectivity index (χ2n) is 9.33. The van der Waals surface area contributed by atoms with Crippen LogP contribution in [0.15, 0.2) is 41.3 Å². The van der Waals surface area contributed by atoms with Crippen LogP contribution >= 0.6 is 0 Å². The Morgan fingerprint density at radius 3 is 2.58 bits per heavy atom. The number of aryl methyl sites for hydroxylation is 1. The van der Waals surface area contributed by atoms with Crippen molar-refractivity contribution < 1.29 is 23.0 Å². The minimum Gasteiger partial charge on any atom is -0.493 e. The van der Waals surface area contributed by atoms with Crippen molar-refractivity contribution in [2.75, 3.05) is 24.1 Å². The van der Waals surface area contributed by atoms with Gasteiger partial charge in [0.2, 0.25) is 0 Å². The van der Waals surface area contributed by atoms with Gasteiger partial charge in [0.1, 0.15) is 5.75 Å². The van der Waals surface area contributed by atoms with Crippen molar-refractivity contribution in [1.29, 1.82) is 0 Å². The molecule has 2 aromatic carbocycles. The fourth-order valence-corrected chi connectivity index (χ4v) is 6.72. The first-order chi connectivity index (χ1) is 15.8. The summed E-state index contributed by atoms with van der Waals surface area (Å²) in [5.74, 6) is 1.24. The maximum Gasteiger partial charge on any atom is 0.264 e. The predicted octanol–water partition coefficient (Wildman–Crippen LogP) is 4.64. The molecule has 0 spiro atoms. The standard InChI is InChI=1S/C26H35NO5S/c1-4-20-5-7-25-24(14-20)18(2)13-19(3)27(25)33(29,30)23-6-8-26(22(15-23)16-28)32-17-21-9-11-31-12-10-21/h5-8,14-15,18-19,21,28H,4,9-13,16-17H2,1-3H3. The van der Waals surface area contributed by atoms with E-state index < -0.39 is 10.0 Å². The molecule has 2 aliphatic heterocycles. The number of sulfonamides is 1. The van der Waals surface area contributed by atoms with E-state index in [0.717, 1.165) is 50.1 Å². The Morgan fingerprint density at radius 1 is 1.12 bits per heavy atom. The van der Waals surface area contributed by atoms with Crippen LogP contribution in [0.2, 0.25) is 0 Å². The molecule has 2 atom stereocenters. The molecule has 1 N–H and O–H groups in total. The molecular weight excluding hydrogens is 438 g/mol. The lowest BCUT2D eigenvalue weighted by Gasteiger charge is -2.39. The molecule has 0 amide bonds. The summed E-state index contributed by atoms with van der Waals surface area (Å²) in [6, 6.07) is 10.8. The normalized spacial score (nSPS) is 21.6. The molecule has 2 heterocycles. The molecule has 180 valence electrons. The van der Waals surface area contributed by atoms with Crippen LogP contribution in [-0.2, 0) is 27.8 Å². The largest absolute Gasteiger partial charge is 0.493 e. The van der Waals surface area contributed by atoms with Gasteiger partial charge in [0.25, 0.3) is 10.0 Å². The summed E-state index contributed by atoms with van der Waals surface area (Å²) in [4.78, 5) is 0.178. The van der Waals surface area contributed by atoms with Gasteiger partial charge in [0, 0.05) is 24.8 Å². The van der Waals surface area contributed by atoms with Crippen molar-refractivity contribution in [2.45, 2.75) is 69.9 Å². The zero-order valence-electron chi connectivity index (χ0n) is 19.8. The first-order valence-electron chi connectivity index (χ1n) is 12.0. The quantitative estimate of drug-likeness (QED) is 0.634. The number of fused-ring (bicyclic) bond motifs is 1. The molecule has 33 heavy (non-hydrogen) atoms. The highest BCUT2D eigenvalue weighted by Crippen LogP contribution is 2.42. The van der Waals surface area contributed by atoms with Crippen LogP contribution in [-0.4, -0.2) is 39.4 Å². The van der Waals surface area contributed by atoms with Crippen LogP contribution in [0.4, 0.5) is 5.69 Å². The summed E-state index contributed by atoms with van der Waals surface area (Å²) >= 11 is 0. The van der Waals surface area contributed by atoms with E-state index >= 15 is 0 Å². The number of ether oxygens (including phenoxy) is 2. The summed E-state index contributed by atoms with van der Waals surface area (Å²) in [5.41, 5.74) is 3.53.